The Kier molecular flexibility index (Phi) is 8.94. The highest BCUT2D eigenvalue weighted by Gasteiger charge is 2.20. The first-order valence-corrected chi connectivity index (χ1v) is 8.46. The Morgan fingerprint density at radius 3 is 2.29 bits per heavy atom. The van der Waals surface area contributed by atoms with Gasteiger partial charge in [-0.25, -0.2) is 0 Å². The van der Waals surface area contributed by atoms with Crippen molar-refractivity contribution < 1.29 is 0 Å². The number of rotatable bonds is 4. The van der Waals surface area contributed by atoms with Crippen molar-refractivity contribution in [2.45, 2.75) is 46.0 Å². The van der Waals surface area contributed by atoms with E-state index in [0.717, 1.165) is 37.4 Å². The van der Waals surface area contributed by atoms with E-state index in [9.17, 15) is 0 Å². The normalized spacial score (nSPS) is 23.1. The van der Waals surface area contributed by atoms with Gasteiger partial charge < -0.3 is 15.5 Å². The van der Waals surface area contributed by atoms with Crippen LogP contribution >= 0.6 is 24.0 Å². The van der Waals surface area contributed by atoms with Crippen LogP contribution in [0.25, 0.3) is 0 Å². The lowest BCUT2D eigenvalue weighted by molar-refractivity contribution is 0.187. The Balaban J connectivity index is 0.00000220. The largest absolute Gasteiger partial charge is 0.370 e. The summed E-state index contributed by atoms with van der Waals surface area (Å²) in [5.41, 5.74) is 6.15. The van der Waals surface area contributed by atoms with Gasteiger partial charge in [0.1, 0.15) is 0 Å². The minimum Gasteiger partial charge on any atom is -0.370 e. The number of nitrogens with two attached hydrogens (primary N) is 1. The summed E-state index contributed by atoms with van der Waals surface area (Å²) in [6.45, 7) is 11.4. The van der Waals surface area contributed by atoms with Gasteiger partial charge in [0, 0.05) is 19.6 Å². The molecule has 4 nitrogen and oxygen atoms in total. The molecule has 124 valence electrons. The Morgan fingerprint density at radius 1 is 1.10 bits per heavy atom. The van der Waals surface area contributed by atoms with Crippen LogP contribution in [0.2, 0.25) is 0 Å². The van der Waals surface area contributed by atoms with Crippen LogP contribution in [-0.2, 0) is 0 Å². The molecule has 0 atom stereocenters. The highest BCUT2D eigenvalue weighted by molar-refractivity contribution is 14.0. The summed E-state index contributed by atoms with van der Waals surface area (Å²) < 4.78 is 0. The van der Waals surface area contributed by atoms with Gasteiger partial charge in [0.2, 0.25) is 0 Å². The number of hydrogen-bond acceptors (Lipinski definition) is 2. The van der Waals surface area contributed by atoms with Crippen molar-refractivity contribution in [3.05, 3.63) is 0 Å². The summed E-state index contributed by atoms with van der Waals surface area (Å²) in [5, 5.41) is 0. The fourth-order valence-electron chi connectivity index (χ4n) is 3.27. The third kappa shape index (κ3) is 6.30. The fourth-order valence-corrected chi connectivity index (χ4v) is 3.27. The van der Waals surface area contributed by atoms with Gasteiger partial charge in [0.15, 0.2) is 5.96 Å². The first-order valence-electron chi connectivity index (χ1n) is 8.46. The zero-order chi connectivity index (χ0) is 14.4. The first kappa shape index (κ1) is 19.0. The van der Waals surface area contributed by atoms with Crippen molar-refractivity contribution in [3.8, 4) is 0 Å². The van der Waals surface area contributed by atoms with Gasteiger partial charge in [0.05, 0.1) is 0 Å². The second kappa shape index (κ2) is 9.87. The lowest BCUT2D eigenvalue weighted by atomic mass is 9.97. The monoisotopic (exact) mass is 408 g/mol. The molecular formula is C16H33IN4. The molecule has 0 aromatic rings. The second-order valence-electron chi connectivity index (χ2n) is 6.65. The molecule has 5 heteroatoms. The molecule has 0 spiro atoms. The van der Waals surface area contributed by atoms with E-state index < -0.39 is 0 Å². The molecule has 0 saturated carbocycles. The van der Waals surface area contributed by atoms with E-state index in [1.165, 1.54) is 51.7 Å². The molecule has 0 aliphatic carbocycles. The third-order valence-electron chi connectivity index (χ3n) is 4.87. The number of halogens is 1. The predicted molar refractivity (Wildman–Crippen MR) is 101 cm³/mol. The summed E-state index contributed by atoms with van der Waals surface area (Å²) in [4.78, 5) is 9.52. The molecule has 0 amide bonds. The number of likely N-dealkylation sites (tertiary alicyclic amines) is 2. The number of hydrogen-bond donors (Lipinski definition) is 1. The van der Waals surface area contributed by atoms with E-state index >= 15 is 0 Å². The van der Waals surface area contributed by atoms with Crippen LogP contribution in [0.3, 0.4) is 0 Å². The summed E-state index contributed by atoms with van der Waals surface area (Å²) in [7, 11) is 0. The van der Waals surface area contributed by atoms with Gasteiger partial charge >= 0.3 is 0 Å². The van der Waals surface area contributed by atoms with Crippen LogP contribution in [-0.4, -0.2) is 55.0 Å². The van der Waals surface area contributed by atoms with Crippen molar-refractivity contribution in [3.63, 3.8) is 0 Å². The number of guanidine groups is 1. The SMILES string of the molecule is CCCN1CCC(CN=C(N)N2CCC(C)CC2)CC1.I. The van der Waals surface area contributed by atoms with Crippen LogP contribution in [0.15, 0.2) is 4.99 Å². The summed E-state index contributed by atoms with van der Waals surface area (Å²) in [6, 6.07) is 0. The number of aliphatic imine (C=N–C) groups is 1. The maximum absolute atomic E-state index is 6.15. The Hall–Kier alpha value is -0.0400. The molecule has 2 rings (SSSR count). The van der Waals surface area contributed by atoms with E-state index in [1.807, 2.05) is 0 Å². The predicted octanol–water partition coefficient (Wildman–Crippen LogP) is 2.77. The highest BCUT2D eigenvalue weighted by atomic mass is 127. The van der Waals surface area contributed by atoms with Crippen molar-refractivity contribution >= 4 is 29.9 Å². The van der Waals surface area contributed by atoms with Gasteiger partial charge in [-0.05, 0) is 63.6 Å². The molecule has 0 unspecified atom stereocenters. The lowest BCUT2D eigenvalue weighted by Gasteiger charge is -2.32. The lowest BCUT2D eigenvalue weighted by Crippen LogP contribution is -2.43. The average Bonchev–Trinajstić information content (AvgIpc) is 2.47. The van der Waals surface area contributed by atoms with Crippen molar-refractivity contribution in [1.82, 2.24) is 9.80 Å². The van der Waals surface area contributed by atoms with Gasteiger partial charge in [-0.3, -0.25) is 4.99 Å². The van der Waals surface area contributed by atoms with Gasteiger partial charge in [-0.2, -0.15) is 0 Å². The van der Waals surface area contributed by atoms with E-state index in [-0.39, 0.29) is 24.0 Å². The van der Waals surface area contributed by atoms with E-state index in [4.69, 9.17) is 5.73 Å². The summed E-state index contributed by atoms with van der Waals surface area (Å²) >= 11 is 0. The second-order valence-corrected chi connectivity index (χ2v) is 6.65. The summed E-state index contributed by atoms with van der Waals surface area (Å²) in [5.74, 6) is 2.38. The van der Waals surface area contributed by atoms with Crippen molar-refractivity contribution in [2.75, 3.05) is 39.3 Å². The average molecular weight is 408 g/mol. The van der Waals surface area contributed by atoms with Crippen LogP contribution in [0.5, 0.6) is 0 Å². The maximum Gasteiger partial charge on any atom is 0.191 e. The Bertz CT molecular complexity index is 305. The molecule has 2 fully saturated rings. The minimum atomic E-state index is 0. The van der Waals surface area contributed by atoms with Crippen LogP contribution in [0, 0.1) is 11.8 Å². The van der Waals surface area contributed by atoms with Crippen LogP contribution < -0.4 is 5.73 Å². The molecule has 2 aliphatic rings. The molecule has 2 heterocycles. The maximum atomic E-state index is 6.15. The number of piperidine rings is 2. The molecule has 0 aromatic carbocycles. The molecule has 2 N–H and O–H groups in total. The smallest absolute Gasteiger partial charge is 0.191 e. The molecule has 2 saturated heterocycles. The third-order valence-corrected chi connectivity index (χ3v) is 4.87. The fraction of sp³-hybridized carbons (Fsp3) is 0.938. The van der Waals surface area contributed by atoms with E-state index in [2.05, 4.69) is 28.6 Å². The highest BCUT2D eigenvalue weighted by Crippen LogP contribution is 2.18. The quantitative estimate of drug-likeness (QED) is 0.442. The molecule has 21 heavy (non-hydrogen) atoms. The van der Waals surface area contributed by atoms with E-state index in [0.29, 0.717) is 0 Å². The zero-order valence-corrected chi connectivity index (χ0v) is 16.1. The standard InChI is InChI=1S/C16H32N4.HI/c1-3-8-19-9-6-15(7-10-19)13-18-16(17)20-11-4-14(2)5-12-20;/h14-15H,3-13H2,1-2H3,(H2,17,18);1H. The Labute approximate surface area is 147 Å². The van der Waals surface area contributed by atoms with Crippen LogP contribution in [0.1, 0.15) is 46.0 Å². The van der Waals surface area contributed by atoms with Crippen molar-refractivity contribution in [1.29, 1.82) is 0 Å². The first-order chi connectivity index (χ1) is 9.69. The molecule has 2 aliphatic heterocycles. The Morgan fingerprint density at radius 2 is 1.71 bits per heavy atom. The van der Waals surface area contributed by atoms with Crippen molar-refractivity contribution in [2.24, 2.45) is 22.6 Å². The number of nitrogens with zero attached hydrogens (tertiary/aromatic N) is 3. The molecule has 0 aromatic heterocycles. The molecule has 0 radical (unpaired) electrons. The molecule has 0 bridgehead atoms. The van der Waals surface area contributed by atoms with E-state index in [1.54, 1.807) is 0 Å². The van der Waals surface area contributed by atoms with Crippen LogP contribution in [0.4, 0.5) is 0 Å². The molecular weight excluding hydrogens is 375 g/mol. The topological polar surface area (TPSA) is 44.9 Å². The van der Waals surface area contributed by atoms with Gasteiger partial charge in [0.25, 0.3) is 0 Å². The minimum absolute atomic E-state index is 0. The zero-order valence-electron chi connectivity index (χ0n) is 13.8. The summed E-state index contributed by atoms with van der Waals surface area (Å²) in [6.07, 6.45) is 6.35. The van der Waals surface area contributed by atoms with Gasteiger partial charge in [-0.1, -0.05) is 13.8 Å². The van der Waals surface area contributed by atoms with Gasteiger partial charge in [-0.15, -0.1) is 24.0 Å².